The predicted molar refractivity (Wildman–Crippen MR) is 138 cm³/mol. The van der Waals surface area contributed by atoms with E-state index in [1.165, 1.54) is 39.7 Å². The molecule has 0 saturated carbocycles. The molecule has 0 aliphatic carbocycles. The van der Waals surface area contributed by atoms with Crippen LogP contribution in [0.2, 0.25) is 0 Å². The molecule has 1 aromatic heterocycles. The normalized spacial score (nSPS) is 15.8. The van der Waals surface area contributed by atoms with Gasteiger partial charge in [-0.05, 0) is 49.9 Å². The molecule has 0 amide bonds. The van der Waals surface area contributed by atoms with Crippen molar-refractivity contribution in [3.05, 3.63) is 11.3 Å². The van der Waals surface area contributed by atoms with E-state index in [0.29, 0.717) is 47.2 Å². The van der Waals surface area contributed by atoms with Crippen LogP contribution in [-0.2, 0) is 16.0 Å². The van der Waals surface area contributed by atoms with E-state index in [9.17, 15) is 4.79 Å². The number of hydrogen-bond donors (Lipinski definition) is 0. The first-order valence-electron chi connectivity index (χ1n) is 12.9. The van der Waals surface area contributed by atoms with Crippen molar-refractivity contribution < 1.29 is 23.7 Å². The van der Waals surface area contributed by atoms with E-state index in [1.807, 2.05) is 14.0 Å². The number of methoxy groups -OCH3 is 3. The molecule has 6 nitrogen and oxygen atoms in total. The predicted octanol–water partition coefficient (Wildman–Crippen LogP) is 6.79. The zero-order valence-corrected chi connectivity index (χ0v) is 23.3. The molecule has 0 aliphatic rings. The van der Waals surface area contributed by atoms with Crippen molar-refractivity contribution in [1.29, 1.82) is 0 Å². The monoisotopic (exact) mass is 479 g/mol. The molecule has 1 aromatic rings. The second-order valence-corrected chi connectivity index (χ2v) is 10.1. The van der Waals surface area contributed by atoms with Gasteiger partial charge in [-0.25, -0.2) is 4.98 Å². The zero-order valence-electron chi connectivity index (χ0n) is 23.3. The second kappa shape index (κ2) is 15.2. The number of ether oxygens (including phenoxy) is 4. The van der Waals surface area contributed by atoms with E-state index in [4.69, 9.17) is 18.9 Å². The average Bonchev–Trinajstić information content (AvgIpc) is 2.79. The molecule has 0 radical (unpaired) electrons. The second-order valence-electron chi connectivity index (χ2n) is 10.1. The zero-order chi connectivity index (χ0) is 25.8. The molecule has 0 fully saturated rings. The Bertz CT molecular complexity index is 751. The van der Waals surface area contributed by atoms with Crippen LogP contribution >= 0.6 is 0 Å². The van der Waals surface area contributed by atoms with Gasteiger partial charge in [0.2, 0.25) is 5.75 Å². The summed E-state index contributed by atoms with van der Waals surface area (Å²) in [4.78, 5) is 16.2. The first kappa shape index (κ1) is 30.2. The van der Waals surface area contributed by atoms with Crippen molar-refractivity contribution in [2.45, 2.75) is 99.5 Å². The topological polar surface area (TPSA) is 66.9 Å². The number of carbonyl (C=O) groups is 1. The molecule has 0 unspecified atom stereocenters. The molecule has 0 aliphatic heterocycles. The van der Waals surface area contributed by atoms with Crippen LogP contribution in [0.5, 0.6) is 17.4 Å². The average molecular weight is 480 g/mol. The highest BCUT2D eigenvalue weighted by Gasteiger charge is 2.24. The fourth-order valence-corrected chi connectivity index (χ4v) is 4.97. The Morgan fingerprint density at radius 1 is 0.912 bits per heavy atom. The summed E-state index contributed by atoms with van der Waals surface area (Å²) in [6.07, 6.45) is 8.22. The summed E-state index contributed by atoms with van der Waals surface area (Å²) in [6, 6.07) is 0. The smallest absolute Gasteiger partial charge is 0.308 e. The van der Waals surface area contributed by atoms with E-state index in [2.05, 4.69) is 39.6 Å². The van der Waals surface area contributed by atoms with E-state index in [1.54, 1.807) is 7.11 Å². The van der Waals surface area contributed by atoms with Crippen molar-refractivity contribution in [2.24, 2.45) is 23.7 Å². The highest BCUT2D eigenvalue weighted by atomic mass is 16.6. The lowest BCUT2D eigenvalue weighted by Gasteiger charge is -2.29. The Hall–Kier alpha value is -1.82. The van der Waals surface area contributed by atoms with Crippen molar-refractivity contribution >= 4 is 5.97 Å². The van der Waals surface area contributed by atoms with Crippen LogP contribution in [0.1, 0.15) is 91.3 Å². The molecular formula is C28H49NO5. The summed E-state index contributed by atoms with van der Waals surface area (Å²) in [5.41, 5.74) is 1.72. The number of carbonyl (C=O) groups excluding carboxylic acids is 1. The lowest BCUT2D eigenvalue weighted by molar-refractivity contribution is -0.132. The lowest BCUT2D eigenvalue weighted by Crippen LogP contribution is -2.28. The van der Waals surface area contributed by atoms with Crippen LogP contribution in [0.3, 0.4) is 0 Å². The number of rotatable bonds is 16. The molecule has 196 valence electrons. The number of aromatic nitrogens is 1. The van der Waals surface area contributed by atoms with Crippen molar-refractivity contribution in [1.82, 2.24) is 4.98 Å². The molecule has 5 atom stereocenters. The van der Waals surface area contributed by atoms with Gasteiger partial charge < -0.3 is 18.9 Å². The largest absolute Gasteiger partial charge is 0.489 e. The van der Waals surface area contributed by atoms with Gasteiger partial charge in [-0.2, -0.15) is 0 Å². The van der Waals surface area contributed by atoms with Crippen LogP contribution in [0.15, 0.2) is 0 Å². The fraction of sp³-hybridized carbons (Fsp3) is 0.786. The number of pyridine rings is 1. The highest BCUT2D eigenvalue weighted by Crippen LogP contribution is 2.40. The third-order valence-corrected chi connectivity index (χ3v) is 7.13. The number of hydrogen-bond acceptors (Lipinski definition) is 6. The van der Waals surface area contributed by atoms with Gasteiger partial charge >= 0.3 is 5.97 Å². The molecule has 0 bridgehead atoms. The van der Waals surface area contributed by atoms with E-state index >= 15 is 0 Å². The lowest BCUT2D eigenvalue weighted by atomic mass is 9.83. The summed E-state index contributed by atoms with van der Waals surface area (Å²) in [6.45, 7) is 14.9. The minimum atomic E-state index is -0.390. The maximum atomic E-state index is 11.6. The van der Waals surface area contributed by atoms with Crippen LogP contribution in [0.25, 0.3) is 0 Å². The van der Waals surface area contributed by atoms with Gasteiger partial charge in [-0.1, -0.05) is 60.3 Å². The maximum absolute atomic E-state index is 11.6. The van der Waals surface area contributed by atoms with Gasteiger partial charge in [0.25, 0.3) is 5.88 Å². The summed E-state index contributed by atoms with van der Waals surface area (Å²) < 4.78 is 22.0. The van der Waals surface area contributed by atoms with Gasteiger partial charge in [0.1, 0.15) is 0 Å². The number of esters is 1. The first-order chi connectivity index (χ1) is 16.1. The molecule has 1 rings (SSSR count). The Balaban J connectivity index is 2.63. The number of aryl methyl sites for hydroxylation is 1. The molecular weight excluding hydrogens is 430 g/mol. The van der Waals surface area contributed by atoms with Crippen LogP contribution in [-0.4, -0.2) is 38.4 Å². The Morgan fingerprint density at radius 3 is 2.09 bits per heavy atom. The van der Waals surface area contributed by atoms with Crippen molar-refractivity contribution in [3.63, 3.8) is 0 Å². The molecule has 1 heterocycles. The van der Waals surface area contributed by atoms with Gasteiger partial charge in [0.15, 0.2) is 5.75 Å². The minimum Gasteiger partial charge on any atom is -0.489 e. The summed E-state index contributed by atoms with van der Waals surface area (Å²) in [5, 5.41) is 0. The molecule has 0 spiro atoms. The molecule has 0 aromatic carbocycles. The molecule has 34 heavy (non-hydrogen) atoms. The van der Waals surface area contributed by atoms with Crippen molar-refractivity contribution in [3.8, 4) is 17.4 Å². The van der Waals surface area contributed by atoms with E-state index in [0.717, 1.165) is 30.5 Å². The summed E-state index contributed by atoms with van der Waals surface area (Å²) in [5.74, 6) is 3.19. The molecule has 0 saturated heterocycles. The van der Waals surface area contributed by atoms with Gasteiger partial charge in [0, 0.05) is 19.6 Å². The third kappa shape index (κ3) is 9.09. The SMILES string of the molecule is CC[C@H](C)[C@H](OC)[C@H](C)C[C@@H](C)CCC[C@H](C)CCc1nc(OC)c(OC)c(OC(C)=O)c1C. The fourth-order valence-electron chi connectivity index (χ4n) is 4.97. The Labute approximate surface area is 208 Å². The number of nitrogens with zero attached hydrogens (tertiary/aromatic N) is 1. The quantitative estimate of drug-likeness (QED) is 0.243. The van der Waals surface area contributed by atoms with Crippen LogP contribution in [0, 0.1) is 30.6 Å². The van der Waals surface area contributed by atoms with E-state index in [-0.39, 0.29) is 0 Å². The molecule has 0 N–H and O–H groups in total. The van der Waals surface area contributed by atoms with E-state index < -0.39 is 5.97 Å². The third-order valence-electron chi connectivity index (χ3n) is 7.13. The Kier molecular flexibility index (Phi) is 13.5. The summed E-state index contributed by atoms with van der Waals surface area (Å²) >= 11 is 0. The maximum Gasteiger partial charge on any atom is 0.308 e. The Morgan fingerprint density at radius 2 is 1.56 bits per heavy atom. The van der Waals surface area contributed by atoms with Gasteiger partial charge in [0.05, 0.1) is 26.0 Å². The van der Waals surface area contributed by atoms with Gasteiger partial charge in [-0.3, -0.25) is 4.79 Å². The molecule has 6 heteroatoms. The van der Waals surface area contributed by atoms with Gasteiger partial charge in [-0.15, -0.1) is 0 Å². The van der Waals surface area contributed by atoms with Crippen LogP contribution in [0.4, 0.5) is 0 Å². The first-order valence-corrected chi connectivity index (χ1v) is 12.9. The summed E-state index contributed by atoms with van der Waals surface area (Å²) in [7, 11) is 4.92. The highest BCUT2D eigenvalue weighted by molar-refractivity contribution is 5.72. The van der Waals surface area contributed by atoms with Crippen LogP contribution < -0.4 is 14.2 Å². The standard InChI is InChI=1S/C28H49NO5/c1-11-20(4)25(31-8)21(5)17-19(3)14-12-13-18(2)15-16-24-22(6)26(34-23(7)30)27(32-9)28(29-24)33-10/h18-21,25H,11-17H2,1-10H3/t18-,19-,20-,21+,25-/m0/s1. The minimum absolute atomic E-state index is 0.348. The van der Waals surface area contributed by atoms with Crippen molar-refractivity contribution in [2.75, 3.05) is 21.3 Å².